The highest BCUT2D eigenvalue weighted by molar-refractivity contribution is 8.00. The van der Waals surface area contributed by atoms with E-state index in [-0.39, 0.29) is 11.2 Å². The van der Waals surface area contributed by atoms with Gasteiger partial charge in [-0.25, -0.2) is 4.98 Å². The summed E-state index contributed by atoms with van der Waals surface area (Å²) in [4.78, 5) is 18.6. The SMILES string of the molecule is CCC(Sc1nc2c(cc1C#N)CCCC2)C(=O)n1c2ccccc2c2ccccc21. The third kappa shape index (κ3) is 3.41. The lowest BCUT2D eigenvalue weighted by Gasteiger charge is -2.19. The van der Waals surface area contributed by atoms with E-state index in [9.17, 15) is 10.1 Å². The van der Waals surface area contributed by atoms with Crippen LogP contribution in [-0.2, 0) is 12.8 Å². The predicted molar refractivity (Wildman–Crippen MR) is 126 cm³/mol. The molecule has 0 bridgehead atoms. The van der Waals surface area contributed by atoms with Crippen molar-refractivity contribution in [1.82, 2.24) is 9.55 Å². The molecule has 5 heteroatoms. The minimum absolute atomic E-state index is 0.0355. The first-order valence-corrected chi connectivity index (χ1v) is 11.7. The van der Waals surface area contributed by atoms with Crippen molar-refractivity contribution in [3.05, 3.63) is 71.4 Å². The highest BCUT2D eigenvalue weighted by atomic mass is 32.2. The number of thioether (sulfide) groups is 1. The van der Waals surface area contributed by atoms with E-state index < -0.39 is 0 Å². The zero-order chi connectivity index (χ0) is 21.4. The van der Waals surface area contributed by atoms with Crippen LogP contribution < -0.4 is 0 Å². The molecule has 0 N–H and O–H groups in total. The monoisotopic (exact) mass is 425 g/mol. The number of fused-ring (bicyclic) bond motifs is 4. The van der Waals surface area contributed by atoms with Gasteiger partial charge in [0.05, 0.1) is 21.8 Å². The molecule has 31 heavy (non-hydrogen) atoms. The van der Waals surface area contributed by atoms with Gasteiger partial charge >= 0.3 is 0 Å². The number of carbonyl (C=O) groups excluding carboxylic acids is 1. The van der Waals surface area contributed by atoms with Crippen LogP contribution in [0.3, 0.4) is 0 Å². The van der Waals surface area contributed by atoms with Gasteiger partial charge in [-0.05, 0) is 55.9 Å². The minimum atomic E-state index is -0.319. The molecule has 0 radical (unpaired) electrons. The summed E-state index contributed by atoms with van der Waals surface area (Å²) in [5.74, 6) is 0.0355. The Morgan fingerprint density at radius 1 is 1.10 bits per heavy atom. The second-order valence-corrected chi connectivity index (χ2v) is 9.18. The minimum Gasteiger partial charge on any atom is -0.279 e. The number of aromatic nitrogens is 2. The lowest BCUT2D eigenvalue weighted by molar-refractivity contribution is 0.0919. The van der Waals surface area contributed by atoms with E-state index in [1.807, 2.05) is 54.0 Å². The largest absolute Gasteiger partial charge is 0.279 e. The van der Waals surface area contributed by atoms with Crippen molar-refractivity contribution >= 4 is 39.5 Å². The van der Waals surface area contributed by atoms with Crippen LogP contribution in [0, 0.1) is 11.3 Å². The zero-order valence-corrected chi connectivity index (χ0v) is 18.3. The summed E-state index contributed by atoms with van der Waals surface area (Å²) < 4.78 is 1.84. The Hall–Kier alpha value is -3.10. The van der Waals surface area contributed by atoms with E-state index in [4.69, 9.17) is 4.98 Å². The third-order valence-electron chi connectivity index (χ3n) is 6.09. The smallest absolute Gasteiger partial charge is 0.245 e. The van der Waals surface area contributed by atoms with Crippen LogP contribution >= 0.6 is 11.8 Å². The van der Waals surface area contributed by atoms with Gasteiger partial charge in [-0.15, -0.1) is 0 Å². The topological polar surface area (TPSA) is 58.7 Å². The molecule has 154 valence electrons. The normalized spacial score (nSPS) is 14.3. The van der Waals surface area contributed by atoms with Crippen LogP contribution in [0.1, 0.15) is 47.8 Å². The third-order valence-corrected chi connectivity index (χ3v) is 7.44. The van der Waals surface area contributed by atoms with Gasteiger partial charge in [-0.2, -0.15) is 5.26 Å². The lowest BCUT2D eigenvalue weighted by atomic mass is 9.95. The molecule has 1 unspecified atom stereocenters. The second kappa shape index (κ2) is 8.20. The molecule has 0 spiro atoms. The van der Waals surface area contributed by atoms with Gasteiger partial charge in [-0.3, -0.25) is 9.36 Å². The van der Waals surface area contributed by atoms with Crippen LogP contribution in [-0.4, -0.2) is 20.7 Å². The molecule has 1 aliphatic carbocycles. The zero-order valence-electron chi connectivity index (χ0n) is 17.5. The summed E-state index contributed by atoms with van der Waals surface area (Å²) in [6.45, 7) is 2.02. The molecule has 2 aromatic heterocycles. The van der Waals surface area contributed by atoms with Gasteiger partial charge in [0.25, 0.3) is 0 Å². The Labute approximate surface area is 185 Å². The van der Waals surface area contributed by atoms with Crippen LogP contribution in [0.5, 0.6) is 0 Å². The van der Waals surface area contributed by atoms with Gasteiger partial charge in [0.15, 0.2) is 0 Å². The second-order valence-electron chi connectivity index (χ2n) is 7.99. The number of pyridine rings is 1. The van der Waals surface area contributed by atoms with Gasteiger partial charge in [-0.1, -0.05) is 55.1 Å². The average molecular weight is 426 g/mol. The number of para-hydroxylation sites is 2. The Balaban J connectivity index is 1.57. The van der Waals surface area contributed by atoms with E-state index in [0.717, 1.165) is 53.2 Å². The Morgan fingerprint density at radius 3 is 2.39 bits per heavy atom. The maximum atomic E-state index is 13.8. The first-order chi connectivity index (χ1) is 15.2. The Bertz CT molecular complexity index is 1300. The number of rotatable bonds is 4. The quantitative estimate of drug-likeness (QED) is 0.368. The summed E-state index contributed by atoms with van der Waals surface area (Å²) in [6, 6.07) is 20.4. The molecule has 1 atom stereocenters. The van der Waals surface area contributed by atoms with Crippen molar-refractivity contribution in [3.8, 4) is 6.07 Å². The molecule has 0 amide bonds. The van der Waals surface area contributed by atoms with E-state index in [1.54, 1.807) is 0 Å². The maximum absolute atomic E-state index is 13.8. The molecular weight excluding hydrogens is 402 g/mol. The molecule has 4 nitrogen and oxygen atoms in total. The maximum Gasteiger partial charge on any atom is 0.245 e. The number of carbonyl (C=O) groups is 1. The number of benzene rings is 2. The fourth-order valence-electron chi connectivity index (χ4n) is 4.53. The van der Waals surface area contributed by atoms with E-state index in [0.29, 0.717) is 17.0 Å². The molecule has 2 heterocycles. The van der Waals surface area contributed by atoms with Crippen molar-refractivity contribution in [1.29, 1.82) is 5.26 Å². The Kier molecular flexibility index (Phi) is 5.25. The number of nitriles is 1. The average Bonchev–Trinajstić information content (AvgIpc) is 3.16. The van der Waals surface area contributed by atoms with Crippen molar-refractivity contribution in [2.45, 2.75) is 49.3 Å². The number of hydrogen-bond donors (Lipinski definition) is 0. The predicted octanol–water partition coefficient (Wildman–Crippen LogP) is 6.15. The Morgan fingerprint density at radius 2 is 1.74 bits per heavy atom. The molecule has 5 rings (SSSR count). The lowest BCUT2D eigenvalue weighted by Crippen LogP contribution is -2.24. The van der Waals surface area contributed by atoms with E-state index >= 15 is 0 Å². The molecule has 0 saturated carbocycles. The van der Waals surface area contributed by atoms with E-state index in [2.05, 4.69) is 18.2 Å². The number of aryl methyl sites for hydroxylation is 2. The van der Waals surface area contributed by atoms with Crippen molar-refractivity contribution in [2.24, 2.45) is 0 Å². The molecule has 0 saturated heterocycles. The summed E-state index contributed by atoms with van der Waals surface area (Å²) in [6.07, 6.45) is 4.88. The van der Waals surface area contributed by atoms with E-state index in [1.165, 1.54) is 17.3 Å². The molecular formula is C26H23N3OS. The van der Waals surface area contributed by atoms with Gasteiger partial charge in [0, 0.05) is 16.5 Å². The summed E-state index contributed by atoms with van der Waals surface area (Å²) >= 11 is 1.43. The molecule has 4 aromatic rings. The fourth-order valence-corrected chi connectivity index (χ4v) is 5.57. The number of nitrogens with zero attached hydrogens (tertiary/aromatic N) is 3. The van der Waals surface area contributed by atoms with Gasteiger partial charge in [0.2, 0.25) is 5.91 Å². The molecule has 0 fully saturated rings. The number of hydrogen-bond acceptors (Lipinski definition) is 4. The molecule has 1 aliphatic rings. The van der Waals surface area contributed by atoms with Crippen LogP contribution in [0.15, 0.2) is 59.6 Å². The fraction of sp³-hybridized carbons (Fsp3) is 0.269. The summed E-state index contributed by atoms with van der Waals surface area (Å²) in [5, 5.41) is 12.2. The van der Waals surface area contributed by atoms with Crippen LogP contribution in [0.4, 0.5) is 0 Å². The van der Waals surface area contributed by atoms with Gasteiger partial charge in [0.1, 0.15) is 11.1 Å². The first kappa shape index (κ1) is 19.8. The standard InChI is InChI=1S/C26H23N3OS/c1-2-24(31-25-18(16-27)15-17-9-3-6-12-21(17)28-25)26(30)29-22-13-7-4-10-19(22)20-11-5-8-14-23(20)29/h4-5,7-8,10-11,13-15,24H,2-3,6,9,12H2,1H3. The van der Waals surface area contributed by atoms with Gasteiger partial charge < -0.3 is 0 Å². The first-order valence-electron chi connectivity index (χ1n) is 10.8. The van der Waals surface area contributed by atoms with Crippen molar-refractivity contribution < 1.29 is 4.79 Å². The molecule has 0 aliphatic heterocycles. The van der Waals surface area contributed by atoms with Crippen molar-refractivity contribution in [2.75, 3.05) is 0 Å². The van der Waals surface area contributed by atoms with Crippen LogP contribution in [0.2, 0.25) is 0 Å². The van der Waals surface area contributed by atoms with Crippen molar-refractivity contribution in [3.63, 3.8) is 0 Å². The highest BCUT2D eigenvalue weighted by Gasteiger charge is 2.26. The summed E-state index contributed by atoms with van der Waals surface area (Å²) in [5.41, 5.74) is 4.71. The summed E-state index contributed by atoms with van der Waals surface area (Å²) in [7, 11) is 0. The van der Waals surface area contributed by atoms with Crippen LogP contribution in [0.25, 0.3) is 21.8 Å². The molecule has 2 aromatic carbocycles. The highest BCUT2D eigenvalue weighted by Crippen LogP contribution is 2.34.